The molecular formula is C28H35N5O3. The zero-order valence-corrected chi connectivity index (χ0v) is 21.0. The summed E-state index contributed by atoms with van der Waals surface area (Å²) in [6.07, 6.45) is 5.44. The maximum Gasteiger partial charge on any atom is 0.246 e. The molecule has 1 amide bonds. The van der Waals surface area contributed by atoms with Gasteiger partial charge in [0, 0.05) is 44.1 Å². The van der Waals surface area contributed by atoms with Gasteiger partial charge in [-0.3, -0.25) is 9.69 Å². The predicted octanol–water partition coefficient (Wildman–Crippen LogP) is 3.69. The molecule has 5 heterocycles. The molecule has 0 radical (unpaired) electrons. The monoisotopic (exact) mass is 489 g/mol. The number of benzene rings is 1. The molecule has 6 rings (SSSR count). The first-order valence-corrected chi connectivity index (χ1v) is 13.2. The summed E-state index contributed by atoms with van der Waals surface area (Å²) in [6.45, 7) is 12.7. The quantitative estimate of drug-likeness (QED) is 0.657. The van der Waals surface area contributed by atoms with Crippen LogP contribution in [0, 0.1) is 0 Å². The maximum atomic E-state index is 11.8. The van der Waals surface area contributed by atoms with Crippen molar-refractivity contribution in [2.24, 2.45) is 0 Å². The molecule has 3 saturated heterocycles. The molecule has 190 valence electrons. The maximum absolute atomic E-state index is 11.8. The van der Waals surface area contributed by atoms with Crippen molar-refractivity contribution in [3.8, 4) is 5.75 Å². The number of carbonyl (C=O) groups is 1. The highest BCUT2D eigenvalue weighted by Crippen LogP contribution is 2.43. The van der Waals surface area contributed by atoms with Gasteiger partial charge in [0.15, 0.2) is 0 Å². The van der Waals surface area contributed by atoms with Crippen LogP contribution < -0.4 is 15.0 Å². The van der Waals surface area contributed by atoms with Crippen LogP contribution in [0.1, 0.15) is 42.9 Å². The minimum atomic E-state index is -0.107. The summed E-state index contributed by atoms with van der Waals surface area (Å²) in [5.41, 5.74) is 4.62. The van der Waals surface area contributed by atoms with Crippen LogP contribution in [0.5, 0.6) is 5.75 Å². The molecular weight excluding hydrogens is 454 g/mol. The number of ether oxygens (including phenoxy) is 2. The number of nitrogens with one attached hydrogen (secondary N) is 1. The normalized spacial score (nSPS) is 23.0. The number of likely N-dealkylation sites (tertiary alicyclic amines) is 2. The number of morpholine rings is 1. The van der Waals surface area contributed by atoms with E-state index >= 15 is 0 Å². The highest BCUT2D eigenvalue weighted by Gasteiger charge is 2.36. The Kier molecular flexibility index (Phi) is 6.31. The molecule has 8 nitrogen and oxygen atoms in total. The van der Waals surface area contributed by atoms with E-state index in [1.165, 1.54) is 17.3 Å². The van der Waals surface area contributed by atoms with Crippen molar-refractivity contribution in [3.05, 3.63) is 54.2 Å². The highest BCUT2D eigenvalue weighted by atomic mass is 16.5. The summed E-state index contributed by atoms with van der Waals surface area (Å²) in [6, 6.07) is 9.19. The Balaban J connectivity index is 1.16. The summed E-state index contributed by atoms with van der Waals surface area (Å²) in [4.78, 5) is 23.3. The van der Waals surface area contributed by atoms with E-state index in [0.717, 1.165) is 88.1 Å². The molecule has 0 aliphatic carbocycles. The van der Waals surface area contributed by atoms with Crippen molar-refractivity contribution in [2.75, 3.05) is 62.7 Å². The second-order valence-electron chi connectivity index (χ2n) is 10.2. The Morgan fingerprint density at radius 1 is 1.14 bits per heavy atom. The first kappa shape index (κ1) is 23.3. The van der Waals surface area contributed by atoms with Crippen LogP contribution >= 0.6 is 0 Å². The molecule has 1 N–H and O–H groups in total. The SMILES string of the molecule is C=CC(=O)N1CC(N2CCC(c3ccc4c(c3)Nc3nccc(N5CCOCC5)c3[C@H](C)O4)CC2)C1. The number of anilines is 3. The summed E-state index contributed by atoms with van der Waals surface area (Å²) in [5.74, 6) is 2.31. The van der Waals surface area contributed by atoms with Crippen LogP contribution in [-0.4, -0.2) is 79.2 Å². The first-order chi connectivity index (χ1) is 17.6. The Hall–Kier alpha value is -3.10. The second kappa shape index (κ2) is 9.75. The molecule has 1 atom stereocenters. The average molecular weight is 490 g/mol. The molecule has 1 aromatic heterocycles. The molecule has 8 heteroatoms. The van der Waals surface area contributed by atoms with Crippen molar-refractivity contribution in [1.82, 2.24) is 14.8 Å². The molecule has 3 fully saturated rings. The van der Waals surface area contributed by atoms with Gasteiger partial charge in [0.1, 0.15) is 17.7 Å². The molecule has 0 unspecified atom stereocenters. The van der Waals surface area contributed by atoms with E-state index < -0.39 is 0 Å². The fourth-order valence-electron chi connectivity index (χ4n) is 6.02. The van der Waals surface area contributed by atoms with Crippen LogP contribution in [0.3, 0.4) is 0 Å². The van der Waals surface area contributed by atoms with Crippen LogP contribution in [0.4, 0.5) is 17.2 Å². The van der Waals surface area contributed by atoms with Gasteiger partial charge in [-0.05, 0) is 68.6 Å². The van der Waals surface area contributed by atoms with E-state index in [4.69, 9.17) is 14.5 Å². The summed E-state index contributed by atoms with van der Waals surface area (Å²) >= 11 is 0. The van der Waals surface area contributed by atoms with Gasteiger partial charge < -0.3 is 24.6 Å². The Morgan fingerprint density at radius 3 is 2.67 bits per heavy atom. The van der Waals surface area contributed by atoms with E-state index in [1.807, 2.05) is 11.1 Å². The number of hydrogen-bond acceptors (Lipinski definition) is 7. The molecule has 2 aromatic rings. The van der Waals surface area contributed by atoms with Crippen LogP contribution in [0.2, 0.25) is 0 Å². The minimum Gasteiger partial charge on any atom is -0.484 e. The number of rotatable bonds is 4. The van der Waals surface area contributed by atoms with Gasteiger partial charge in [0.2, 0.25) is 5.91 Å². The zero-order valence-electron chi connectivity index (χ0n) is 21.0. The molecule has 1 aromatic carbocycles. The molecule has 4 aliphatic heterocycles. The minimum absolute atomic E-state index is 0.0447. The largest absolute Gasteiger partial charge is 0.484 e. The van der Waals surface area contributed by atoms with Gasteiger partial charge in [-0.15, -0.1) is 0 Å². The number of piperidine rings is 1. The first-order valence-electron chi connectivity index (χ1n) is 13.2. The van der Waals surface area contributed by atoms with Gasteiger partial charge in [-0.2, -0.15) is 0 Å². The number of hydrogen-bond donors (Lipinski definition) is 1. The van der Waals surface area contributed by atoms with Gasteiger partial charge >= 0.3 is 0 Å². The lowest BCUT2D eigenvalue weighted by Gasteiger charge is -2.47. The van der Waals surface area contributed by atoms with E-state index in [1.54, 1.807) is 0 Å². The summed E-state index contributed by atoms with van der Waals surface area (Å²) in [7, 11) is 0. The number of pyridine rings is 1. The molecule has 0 bridgehead atoms. The smallest absolute Gasteiger partial charge is 0.246 e. The number of aromatic nitrogens is 1. The van der Waals surface area contributed by atoms with Crippen molar-refractivity contribution in [1.29, 1.82) is 0 Å². The third-order valence-electron chi connectivity index (χ3n) is 8.15. The van der Waals surface area contributed by atoms with E-state index in [0.29, 0.717) is 12.0 Å². The highest BCUT2D eigenvalue weighted by molar-refractivity contribution is 5.87. The second-order valence-corrected chi connectivity index (χ2v) is 10.2. The summed E-state index contributed by atoms with van der Waals surface area (Å²) < 4.78 is 12.0. The Bertz CT molecular complexity index is 1130. The fraction of sp³-hybridized carbons (Fsp3) is 0.500. The third-order valence-corrected chi connectivity index (χ3v) is 8.15. The fourth-order valence-corrected chi connectivity index (χ4v) is 6.02. The van der Waals surface area contributed by atoms with Crippen molar-refractivity contribution >= 4 is 23.1 Å². The van der Waals surface area contributed by atoms with Gasteiger partial charge in [0.05, 0.1) is 24.5 Å². The number of carbonyl (C=O) groups excluding carboxylic acids is 1. The molecule has 36 heavy (non-hydrogen) atoms. The van der Waals surface area contributed by atoms with E-state index in [9.17, 15) is 4.79 Å². The third kappa shape index (κ3) is 4.33. The number of fused-ring (bicyclic) bond motifs is 2. The van der Waals surface area contributed by atoms with Crippen molar-refractivity contribution in [3.63, 3.8) is 0 Å². The standard InChI is InChI=1S/C28H35N5O3/c1-3-26(34)33-17-22(18-33)31-10-7-20(8-11-31)21-4-5-25-23(16-21)30-28-27(19(2)36-25)24(6-9-29-28)32-12-14-35-15-13-32/h3-6,9,16,19-20,22H,1,7-8,10-15,17-18H2,2H3,(H,29,30)/t19-/m0/s1. The molecule has 0 spiro atoms. The number of nitrogens with zero attached hydrogens (tertiary/aromatic N) is 4. The average Bonchev–Trinajstić information content (AvgIpc) is 3.03. The Labute approximate surface area is 212 Å². The van der Waals surface area contributed by atoms with Crippen molar-refractivity contribution < 1.29 is 14.3 Å². The van der Waals surface area contributed by atoms with Crippen molar-refractivity contribution in [2.45, 2.75) is 37.8 Å². The van der Waals surface area contributed by atoms with E-state index in [-0.39, 0.29) is 12.0 Å². The lowest BCUT2D eigenvalue weighted by Crippen LogP contribution is -2.61. The lowest BCUT2D eigenvalue weighted by atomic mass is 9.88. The lowest BCUT2D eigenvalue weighted by molar-refractivity contribution is -0.133. The zero-order chi connectivity index (χ0) is 24.6. The molecule has 4 aliphatic rings. The van der Waals surface area contributed by atoms with Crippen LogP contribution in [0.25, 0.3) is 0 Å². The number of amides is 1. The predicted molar refractivity (Wildman–Crippen MR) is 140 cm³/mol. The van der Waals surface area contributed by atoms with E-state index in [2.05, 4.69) is 52.9 Å². The molecule has 0 saturated carbocycles. The van der Waals surface area contributed by atoms with Crippen LogP contribution in [-0.2, 0) is 9.53 Å². The topological polar surface area (TPSA) is 70.2 Å². The van der Waals surface area contributed by atoms with Gasteiger partial charge in [0.25, 0.3) is 0 Å². The van der Waals surface area contributed by atoms with Gasteiger partial charge in [-0.25, -0.2) is 4.98 Å². The summed E-state index contributed by atoms with van der Waals surface area (Å²) in [5, 5.41) is 3.61. The van der Waals surface area contributed by atoms with Gasteiger partial charge in [-0.1, -0.05) is 12.6 Å². The Morgan fingerprint density at radius 2 is 1.92 bits per heavy atom. The van der Waals surface area contributed by atoms with Crippen LogP contribution in [0.15, 0.2) is 43.1 Å².